The van der Waals surface area contributed by atoms with E-state index in [9.17, 15) is 4.79 Å². The van der Waals surface area contributed by atoms with E-state index in [1.54, 1.807) is 24.9 Å². The van der Waals surface area contributed by atoms with Crippen LogP contribution in [0.2, 0.25) is 0 Å². The van der Waals surface area contributed by atoms with Crippen LogP contribution in [0.25, 0.3) is 27.9 Å². The molecule has 190 valence electrons. The fourth-order valence-corrected chi connectivity index (χ4v) is 7.44. The van der Waals surface area contributed by atoms with Gasteiger partial charge in [0.1, 0.15) is 16.4 Å². The first kappa shape index (κ1) is 23.2. The number of nitrogens with zero attached hydrogens (tertiary/aromatic N) is 2. The van der Waals surface area contributed by atoms with E-state index >= 15 is 0 Å². The van der Waals surface area contributed by atoms with Gasteiger partial charge in [-0.1, -0.05) is 54.6 Å². The number of thioether (sulfide) groups is 1. The standard InChI is InChI=1S/C31H26N2O4S/c1-31(2)21-17-38-29-24(26(18-11-6-4-7-12-18)32-33(29)19-13-8-5-9-14-19)23(21)25-28(37-31)20-15-10-16-22(35-3)27(20)36-30(25)34/h4-16,21,23H,17H2,1-3H3/t21-,23-/m0/s1. The third-order valence-corrected chi connectivity index (χ3v) is 8.90. The highest BCUT2D eigenvalue weighted by Crippen LogP contribution is 2.57. The quantitative estimate of drug-likeness (QED) is 0.246. The molecule has 0 saturated heterocycles. The first-order valence-corrected chi connectivity index (χ1v) is 13.7. The number of rotatable bonds is 3. The van der Waals surface area contributed by atoms with Crippen LogP contribution >= 0.6 is 11.8 Å². The Balaban J connectivity index is 1.57. The van der Waals surface area contributed by atoms with E-state index in [1.807, 2.05) is 53.2 Å². The summed E-state index contributed by atoms with van der Waals surface area (Å²) in [4.78, 5) is 13.8. The Bertz CT molecular complexity index is 1740. The minimum absolute atomic E-state index is 0.0364. The minimum atomic E-state index is -0.533. The van der Waals surface area contributed by atoms with Crippen molar-refractivity contribution in [2.45, 2.75) is 30.4 Å². The Morgan fingerprint density at radius 2 is 1.71 bits per heavy atom. The summed E-state index contributed by atoms with van der Waals surface area (Å²) < 4.78 is 20.2. The van der Waals surface area contributed by atoms with Crippen molar-refractivity contribution < 1.29 is 13.9 Å². The second-order valence-corrected chi connectivity index (χ2v) is 11.3. The molecule has 38 heavy (non-hydrogen) atoms. The van der Waals surface area contributed by atoms with Gasteiger partial charge in [0, 0.05) is 28.7 Å². The number of ether oxygens (including phenoxy) is 2. The average Bonchev–Trinajstić information content (AvgIpc) is 3.33. The molecule has 0 aliphatic carbocycles. The molecule has 5 aromatic rings. The van der Waals surface area contributed by atoms with Gasteiger partial charge in [0.25, 0.3) is 0 Å². The molecule has 2 aliphatic heterocycles. The van der Waals surface area contributed by atoms with Crippen LogP contribution in [0.5, 0.6) is 11.5 Å². The number of aromatic nitrogens is 2. The van der Waals surface area contributed by atoms with Gasteiger partial charge in [0.2, 0.25) is 0 Å². The third-order valence-electron chi connectivity index (χ3n) is 7.71. The van der Waals surface area contributed by atoms with E-state index in [2.05, 4.69) is 38.1 Å². The minimum Gasteiger partial charge on any atom is -0.493 e. The molecule has 0 N–H and O–H groups in total. The molecule has 4 heterocycles. The zero-order valence-corrected chi connectivity index (χ0v) is 22.1. The lowest BCUT2D eigenvalue weighted by Gasteiger charge is -2.46. The number of para-hydroxylation sites is 2. The van der Waals surface area contributed by atoms with Gasteiger partial charge in [-0.2, -0.15) is 5.10 Å². The van der Waals surface area contributed by atoms with E-state index < -0.39 is 11.2 Å². The van der Waals surface area contributed by atoms with Crippen LogP contribution in [0, 0.1) is 5.92 Å². The van der Waals surface area contributed by atoms with Gasteiger partial charge < -0.3 is 13.9 Å². The van der Waals surface area contributed by atoms with Crippen molar-refractivity contribution in [1.29, 1.82) is 0 Å². The van der Waals surface area contributed by atoms with Crippen molar-refractivity contribution in [1.82, 2.24) is 9.78 Å². The second kappa shape index (κ2) is 8.53. The number of methoxy groups -OCH3 is 1. The van der Waals surface area contributed by atoms with Crippen molar-refractivity contribution in [3.8, 4) is 28.4 Å². The van der Waals surface area contributed by atoms with Crippen LogP contribution in [0.1, 0.15) is 30.9 Å². The highest BCUT2D eigenvalue weighted by molar-refractivity contribution is 7.99. The summed E-state index contributed by atoms with van der Waals surface area (Å²) in [6.07, 6.45) is 0. The molecule has 3 aromatic carbocycles. The summed E-state index contributed by atoms with van der Waals surface area (Å²) in [5, 5.41) is 6.95. The van der Waals surface area contributed by atoms with Gasteiger partial charge >= 0.3 is 5.63 Å². The predicted octanol–water partition coefficient (Wildman–Crippen LogP) is 6.68. The van der Waals surface area contributed by atoms with Crippen LogP contribution < -0.4 is 15.1 Å². The Kier molecular flexibility index (Phi) is 5.20. The van der Waals surface area contributed by atoms with Crippen LogP contribution in [-0.2, 0) is 0 Å². The van der Waals surface area contributed by atoms with Crippen molar-refractivity contribution in [3.63, 3.8) is 0 Å². The summed E-state index contributed by atoms with van der Waals surface area (Å²) in [5.41, 5.74) is 3.95. The Labute approximate surface area is 224 Å². The van der Waals surface area contributed by atoms with E-state index in [0.717, 1.165) is 38.7 Å². The molecule has 0 spiro atoms. The molecule has 6 nitrogen and oxygen atoms in total. The van der Waals surface area contributed by atoms with E-state index in [0.29, 0.717) is 22.6 Å². The molecule has 0 fully saturated rings. The topological polar surface area (TPSA) is 66.5 Å². The largest absolute Gasteiger partial charge is 0.493 e. The maximum absolute atomic E-state index is 13.8. The molecule has 0 saturated carbocycles. The summed E-state index contributed by atoms with van der Waals surface area (Å²) in [5.74, 6) is 1.66. The first-order valence-electron chi connectivity index (χ1n) is 12.7. The van der Waals surface area contributed by atoms with Crippen LogP contribution in [0.15, 0.2) is 93.1 Å². The smallest absolute Gasteiger partial charge is 0.344 e. The highest BCUT2D eigenvalue weighted by atomic mass is 32.2. The molecule has 7 heteroatoms. The van der Waals surface area contributed by atoms with Crippen molar-refractivity contribution in [2.75, 3.05) is 12.9 Å². The monoisotopic (exact) mass is 522 g/mol. The first-order chi connectivity index (χ1) is 18.5. The average molecular weight is 523 g/mol. The predicted molar refractivity (Wildman–Crippen MR) is 149 cm³/mol. The Morgan fingerprint density at radius 3 is 2.45 bits per heavy atom. The van der Waals surface area contributed by atoms with Crippen LogP contribution in [-0.4, -0.2) is 28.2 Å². The van der Waals surface area contributed by atoms with Crippen molar-refractivity contribution >= 4 is 22.7 Å². The Hall–Kier alpha value is -3.97. The van der Waals surface area contributed by atoms with E-state index in [4.69, 9.17) is 19.0 Å². The molecule has 7 rings (SSSR count). The normalized spacial score (nSPS) is 19.2. The summed E-state index contributed by atoms with van der Waals surface area (Å²) in [6, 6.07) is 26.0. The summed E-state index contributed by atoms with van der Waals surface area (Å²) >= 11 is 1.77. The molecule has 0 bridgehead atoms. The molecule has 2 aliphatic rings. The fourth-order valence-electron chi connectivity index (χ4n) is 5.86. The maximum atomic E-state index is 13.8. The molecule has 2 aromatic heterocycles. The van der Waals surface area contributed by atoms with Gasteiger partial charge in [-0.05, 0) is 38.1 Å². The number of hydrogen-bond donors (Lipinski definition) is 0. The summed E-state index contributed by atoms with van der Waals surface area (Å²) in [6.45, 7) is 4.23. The van der Waals surface area contributed by atoms with Crippen LogP contribution in [0.4, 0.5) is 0 Å². The third kappa shape index (κ3) is 3.34. The van der Waals surface area contributed by atoms with E-state index in [-0.39, 0.29) is 11.8 Å². The SMILES string of the molecule is COc1cccc2c3c(c(=O)oc12)[C@@H]1c2c(-c4ccccc4)nn(-c4ccccc4)c2SC[C@@H]1C(C)(C)O3. The molecule has 0 unspecified atom stereocenters. The summed E-state index contributed by atoms with van der Waals surface area (Å²) in [7, 11) is 1.57. The second-order valence-electron chi connectivity index (χ2n) is 10.3. The van der Waals surface area contributed by atoms with Crippen LogP contribution in [0.3, 0.4) is 0 Å². The lowest BCUT2D eigenvalue weighted by atomic mass is 9.71. The zero-order valence-electron chi connectivity index (χ0n) is 21.3. The van der Waals surface area contributed by atoms with Crippen molar-refractivity contribution in [2.24, 2.45) is 5.92 Å². The lowest BCUT2D eigenvalue weighted by molar-refractivity contribution is 0.0269. The van der Waals surface area contributed by atoms with Gasteiger partial charge in [0.05, 0.1) is 29.4 Å². The number of benzene rings is 3. The molecular weight excluding hydrogens is 496 g/mol. The molecular formula is C31H26N2O4S. The maximum Gasteiger partial charge on any atom is 0.344 e. The van der Waals surface area contributed by atoms with E-state index in [1.165, 1.54) is 0 Å². The fraction of sp³-hybridized carbons (Fsp3) is 0.226. The molecule has 0 radical (unpaired) electrons. The van der Waals surface area contributed by atoms with Gasteiger partial charge in [-0.15, -0.1) is 11.8 Å². The number of hydrogen-bond acceptors (Lipinski definition) is 6. The zero-order chi connectivity index (χ0) is 26.0. The van der Waals surface area contributed by atoms with Crippen molar-refractivity contribution in [3.05, 3.63) is 100 Å². The molecule has 2 atom stereocenters. The van der Waals surface area contributed by atoms with Gasteiger partial charge in [-0.3, -0.25) is 0 Å². The molecule has 0 amide bonds. The highest BCUT2D eigenvalue weighted by Gasteiger charge is 2.51. The Morgan fingerprint density at radius 1 is 0.974 bits per heavy atom. The van der Waals surface area contributed by atoms with Gasteiger partial charge in [-0.25, -0.2) is 9.48 Å². The van der Waals surface area contributed by atoms with Gasteiger partial charge in [0.15, 0.2) is 11.3 Å². The lowest BCUT2D eigenvalue weighted by Crippen LogP contribution is -2.49. The number of fused-ring (bicyclic) bond motifs is 7.